The molecule has 3 aromatic heterocycles. The van der Waals surface area contributed by atoms with Crippen LogP contribution in [0.25, 0.3) is 0 Å². The minimum absolute atomic E-state index is 0.0167. The van der Waals surface area contributed by atoms with Crippen molar-refractivity contribution in [3.63, 3.8) is 0 Å². The molecule has 0 atom stereocenters. The van der Waals surface area contributed by atoms with E-state index in [1.54, 1.807) is 0 Å². The van der Waals surface area contributed by atoms with Gasteiger partial charge in [0.2, 0.25) is 0 Å². The second-order valence-corrected chi connectivity index (χ2v) is 6.11. The summed E-state index contributed by atoms with van der Waals surface area (Å²) in [5.74, 6) is 1.34. The highest BCUT2D eigenvalue weighted by molar-refractivity contribution is 7.98. The van der Waals surface area contributed by atoms with Gasteiger partial charge >= 0.3 is 5.69 Å². The first-order valence-corrected chi connectivity index (χ1v) is 8.39. The van der Waals surface area contributed by atoms with E-state index < -0.39 is 4.92 Å². The topological polar surface area (TPSA) is 96.6 Å². The van der Waals surface area contributed by atoms with Crippen LogP contribution in [0.1, 0.15) is 18.4 Å². The van der Waals surface area contributed by atoms with Crippen molar-refractivity contribution >= 4 is 17.4 Å². The van der Waals surface area contributed by atoms with Gasteiger partial charge in [-0.25, -0.2) is 0 Å². The number of hydrogen-bond acceptors (Lipinski definition) is 6. The minimum atomic E-state index is -0.458. The molecule has 0 aliphatic rings. The van der Waals surface area contributed by atoms with Gasteiger partial charge in [0.05, 0.1) is 10.8 Å². The van der Waals surface area contributed by atoms with E-state index in [4.69, 9.17) is 0 Å². The van der Waals surface area contributed by atoms with E-state index in [1.165, 1.54) is 28.8 Å². The second-order valence-electron chi connectivity index (χ2n) is 5.20. The Morgan fingerprint density at radius 2 is 2.21 bits per heavy atom. The molecule has 0 fully saturated rings. The zero-order valence-corrected chi connectivity index (χ0v) is 14.2. The first kappa shape index (κ1) is 16.2. The van der Waals surface area contributed by atoms with Crippen LogP contribution < -0.4 is 0 Å². The lowest BCUT2D eigenvalue weighted by Gasteiger charge is -2.08. The zero-order valence-electron chi connectivity index (χ0n) is 13.4. The van der Waals surface area contributed by atoms with Crippen LogP contribution in [0.3, 0.4) is 0 Å². The Balaban J connectivity index is 1.71. The molecule has 3 aromatic rings. The molecule has 0 saturated heterocycles. The van der Waals surface area contributed by atoms with Crippen molar-refractivity contribution in [3.05, 3.63) is 52.4 Å². The Bertz CT molecular complexity index is 851. The van der Waals surface area contributed by atoms with Crippen LogP contribution in [-0.2, 0) is 25.9 Å². The van der Waals surface area contributed by atoms with E-state index in [0.29, 0.717) is 12.3 Å². The highest BCUT2D eigenvalue weighted by atomic mass is 32.2. The van der Waals surface area contributed by atoms with E-state index in [0.717, 1.165) is 23.2 Å². The maximum Gasteiger partial charge on any atom is 0.307 e. The predicted molar refractivity (Wildman–Crippen MR) is 88.7 cm³/mol. The molecule has 0 aromatic carbocycles. The molecule has 0 saturated carbocycles. The molecule has 3 rings (SSSR count). The largest absolute Gasteiger partial charge is 0.354 e. The molecule has 0 spiro atoms. The van der Waals surface area contributed by atoms with E-state index in [1.807, 2.05) is 26.2 Å². The Kier molecular flexibility index (Phi) is 4.65. The van der Waals surface area contributed by atoms with Crippen LogP contribution >= 0.6 is 11.8 Å². The summed E-state index contributed by atoms with van der Waals surface area (Å²) in [6, 6.07) is 4.06. The third kappa shape index (κ3) is 3.32. The molecule has 0 unspecified atom stereocenters. The van der Waals surface area contributed by atoms with Crippen molar-refractivity contribution < 1.29 is 4.92 Å². The van der Waals surface area contributed by atoms with Crippen LogP contribution in [0.2, 0.25) is 0 Å². The van der Waals surface area contributed by atoms with Gasteiger partial charge in [-0.2, -0.15) is 5.10 Å². The fraction of sp³-hybridized carbons (Fsp3) is 0.357. The minimum Gasteiger partial charge on any atom is -0.354 e. The van der Waals surface area contributed by atoms with Gasteiger partial charge in [0.25, 0.3) is 0 Å². The van der Waals surface area contributed by atoms with E-state index in [-0.39, 0.29) is 5.69 Å². The van der Waals surface area contributed by atoms with Gasteiger partial charge < -0.3 is 9.13 Å². The molecule has 3 heterocycles. The first-order valence-electron chi connectivity index (χ1n) is 7.40. The molecule has 0 radical (unpaired) electrons. The lowest BCUT2D eigenvalue weighted by Crippen LogP contribution is -2.06. The smallest absolute Gasteiger partial charge is 0.307 e. The Labute approximate surface area is 142 Å². The van der Waals surface area contributed by atoms with Crippen molar-refractivity contribution in [2.75, 3.05) is 0 Å². The predicted octanol–water partition coefficient (Wildman–Crippen LogP) is 2.08. The molecule has 0 N–H and O–H groups in total. The van der Waals surface area contributed by atoms with Crippen molar-refractivity contribution in [2.45, 2.75) is 30.9 Å². The monoisotopic (exact) mass is 347 g/mol. The van der Waals surface area contributed by atoms with Crippen molar-refractivity contribution in [1.29, 1.82) is 0 Å². The normalized spacial score (nSPS) is 11.1. The number of nitro groups is 1. The van der Waals surface area contributed by atoms with Gasteiger partial charge in [-0.3, -0.25) is 14.8 Å². The van der Waals surface area contributed by atoms with E-state index in [2.05, 4.69) is 30.5 Å². The number of hydrogen-bond donors (Lipinski definition) is 0. The Morgan fingerprint density at radius 3 is 2.83 bits per heavy atom. The summed E-state index contributed by atoms with van der Waals surface area (Å²) in [4.78, 5) is 10.2. The Hall–Kier alpha value is -2.62. The van der Waals surface area contributed by atoms with Crippen molar-refractivity contribution in [2.24, 2.45) is 7.05 Å². The number of aryl methyl sites for hydroxylation is 1. The standard InChI is InChI=1S/C14H17N7O2S/c1-3-20-13(7-11-5-4-6-18(11)2)16-17-14(20)24-10-19-9-12(8-15-19)21(22)23/h4-6,8-9H,3,7,10H2,1-2H3. The van der Waals surface area contributed by atoms with Gasteiger partial charge in [-0.1, -0.05) is 11.8 Å². The van der Waals surface area contributed by atoms with E-state index in [9.17, 15) is 10.1 Å². The lowest BCUT2D eigenvalue weighted by molar-refractivity contribution is -0.385. The van der Waals surface area contributed by atoms with Crippen LogP contribution in [0, 0.1) is 10.1 Å². The van der Waals surface area contributed by atoms with Gasteiger partial charge in [0.1, 0.15) is 18.2 Å². The fourth-order valence-electron chi connectivity index (χ4n) is 2.36. The second kappa shape index (κ2) is 6.87. The molecule has 9 nitrogen and oxygen atoms in total. The summed E-state index contributed by atoms with van der Waals surface area (Å²) in [7, 11) is 2.00. The number of thioether (sulfide) groups is 1. The molecular weight excluding hydrogens is 330 g/mol. The number of nitrogens with zero attached hydrogens (tertiary/aromatic N) is 7. The molecular formula is C14H17N7O2S. The first-order chi connectivity index (χ1) is 11.6. The summed E-state index contributed by atoms with van der Waals surface area (Å²) in [6.07, 6.45) is 5.36. The van der Waals surface area contributed by atoms with Crippen molar-refractivity contribution in [1.82, 2.24) is 29.1 Å². The van der Waals surface area contributed by atoms with Crippen LogP contribution in [0.5, 0.6) is 0 Å². The van der Waals surface area contributed by atoms with Crippen LogP contribution in [0.15, 0.2) is 35.9 Å². The molecule has 0 aliphatic heterocycles. The molecule has 126 valence electrons. The molecule has 10 heteroatoms. The third-order valence-electron chi connectivity index (χ3n) is 3.66. The quantitative estimate of drug-likeness (QED) is 0.369. The SMILES string of the molecule is CCn1c(Cc2cccn2C)nnc1SCn1cc([N+](=O)[O-])cn1. The Morgan fingerprint density at radius 1 is 1.38 bits per heavy atom. The van der Waals surface area contributed by atoms with Gasteiger partial charge in [-0.15, -0.1) is 10.2 Å². The highest BCUT2D eigenvalue weighted by Crippen LogP contribution is 2.21. The molecule has 24 heavy (non-hydrogen) atoms. The summed E-state index contributed by atoms with van der Waals surface area (Å²) in [5.41, 5.74) is 1.15. The van der Waals surface area contributed by atoms with Gasteiger partial charge in [0.15, 0.2) is 5.16 Å². The molecule has 0 aliphatic carbocycles. The number of aromatic nitrogens is 6. The third-order valence-corrected chi connectivity index (χ3v) is 4.61. The lowest BCUT2D eigenvalue weighted by atomic mass is 10.3. The highest BCUT2D eigenvalue weighted by Gasteiger charge is 2.14. The van der Waals surface area contributed by atoms with Crippen LogP contribution in [-0.4, -0.2) is 34.0 Å². The van der Waals surface area contributed by atoms with Gasteiger partial charge in [0, 0.05) is 31.9 Å². The summed E-state index contributed by atoms with van der Waals surface area (Å²) >= 11 is 1.45. The average Bonchev–Trinajstić information content (AvgIpc) is 3.26. The maximum absolute atomic E-state index is 10.7. The maximum atomic E-state index is 10.7. The van der Waals surface area contributed by atoms with Crippen LogP contribution in [0.4, 0.5) is 5.69 Å². The van der Waals surface area contributed by atoms with E-state index >= 15 is 0 Å². The fourth-order valence-corrected chi connectivity index (χ4v) is 3.24. The summed E-state index contributed by atoms with van der Waals surface area (Å²) < 4.78 is 5.63. The zero-order chi connectivity index (χ0) is 17.1. The van der Waals surface area contributed by atoms with Gasteiger partial charge in [-0.05, 0) is 19.1 Å². The summed E-state index contributed by atoms with van der Waals surface area (Å²) in [6.45, 7) is 2.80. The summed E-state index contributed by atoms with van der Waals surface area (Å²) in [5, 5.41) is 24.0. The molecule has 0 amide bonds. The number of rotatable bonds is 7. The van der Waals surface area contributed by atoms with Crippen molar-refractivity contribution in [3.8, 4) is 0 Å². The molecule has 0 bridgehead atoms. The average molecular weight is 347 g/mol.